The molecule has 1 aliphatic rings. The van der Waals surface area contributed by atoms with Gasteiger partial charge in [0.15, 0.2) is 0 Å². The van der Waals surface area contributed by atoms with Gasteiger partial charge in [0.05, 0.1) is 0 Å². The Hall–Kier alpha value is -0.910. The fourth-order valence-electron chi connectivity index (χ4n) is 2.22. The molecule has 6 heteroatoms. The molecular weight excluding hydrogens is 274 g/mol. The van der Waals surface area contributed by atoms with Gasteiger partial charge in [0.25, 0.3) is 0 Å². The van der Waals surface area contributed by atoms with Gasteiger partial charge in [0, 0.05) is 42.8 Å². The molecule has 2 rings (SSSR count). The summed E-state index contributed by atoms with van der Waals surface area (Å²) in [7, 11) is 0. The van der Waals surface area contributed by atoms with Gasteiger partial charge in [-0.25, -0.2) is 0 Å². The molecule has 0 aliphatic carbocycles. The minimum atomic E-state index is -2.82. The zero-order valence-electron chi connectivity index (χ0n) is 10.7. The zero-order valence-corrected chi connectivity index (χ0v) is 11.5. The van der Waals surface area contributed by atoms with E-state index in [-0.39, 0.29) is 5.75 Å². The first kappa shape index (κ1) is 14.5. The molecule has 1 aliphatic heterocycles. The summed E-state index contributed by atoms with van der Waals surface area (Å²) < 4.78 is 29.3. The van der Waals surface area contributed by atoms with Gasteiger partial charge < -0.3 is 10.1 Å². The molecule has 0 radical (unpaired) electrons. The highest BCUT2D eigenvalue weighted by molar-refractivity contribution is 6.30. The fraction of sp³-hybridized carbons (Fsp3) is 0.538. The van der Waals surface area contributed by atoms with E-state index in [1.807, 2.05) is 0 Å². The summed E-state index contributed by atoms with van der Waals surface area (Å²) in [6.45, 7) is 2.51. The van der Waals surface area contributed by atoms with Gasteiger partial charge in [0.2, 0.25) is 0 Å². The van der Waals surface area contributed by atoms with Crippen molar-refractivity contribution in [3.8, 4) is 5.75 Å². The largest absolute Gasteiger partial charge is 0.434 e. The molecule has 106 valence electrons. The van der Waals surface area contributed by atoms with Gasteiger partial charge in [-0.15, -0.1) is 0 Å². The van der Waals surface area contributed by atoms with E-state index in [1.165, 1.54) is 6.07 Å². The molecule has 0 amide bonds. The van der Waals surface area contributed by atoms with Gasteiger partial charge in [-0.2, -0.15) is 8.78 Å². The van der Waals surface area contributed by atoms with Crippen LogP contribution in [0.3, 0.4) is 0 Å². The molecule has 1 aromatic carbocycles. The van der Waals surface area contributed by atoms with Crippen LogP contribution in [0.25, 0.3) is 0 Å². The first-order chi connectivity index (χ1) is 9.06. The summed E-state index contributed by atoms with van der Waals surface area (Å²) in [5.41, 5.74) is 0.696. The number of halogens is 3. The monoisotopic (exact) mass is 290 g/mol. The van der Waals surface area contributed by atoms with Crippen molar-refractivity contribution in [1.29, 1.82) is 0 Å². The summed E-state index contributed by atoms with van der Waals surface area (Å²) in [5, 5.41) is 3.82. The van der Waals surface area contributed by atoms with E-state index in [2.05, 4.69) is 21.9 Å². The molecule has 1 aromatic rings. The van der Waals surface area contributed by atoms with E-state index in [0.717, 1.165) is 19.6 Å². The van der Waals surface area contributed by atoms with E-state index >= 15 is 0 Å². The number of nitrogens with zero attached hydrogens (tertiary/aromatic N) is 1. The predicted octanol–water partition coefficient (Wildman–Crippen LogP) is 2.74. The lowest BCUT2D eigenvalue weighted by molar-refractivity contribution is -0.0509. The maximum absolute atomic E-state index is 12.4. The van der Waals surface area contributed by atoms with Crippen molar-refractivity contribution in [2.45, 2.75) is 26.1 Å². The lowest BCUT2D eigenvalue weighted by Crippen LogP contribution is -2.49. The normalized spacial score (nSPS) is 20.8. The number of nitrogens with one attached hydrogen (secondary N) is 1. The van der Waals surface area contributed by atoms with Crippen LogP contribution in [0.4, 0.5) is 8.78 Å². The van der Waals surface area contributed by atoms with Crippen LogP contribution >= 0.6 is 11.6 Å². The Bertz CT molecular complexity index is 431. The summed E-state index contributed by atoms with van der Waals surface area (Å²) in [6, 6.07) is 5.10. The predicted molar refractivity (Wildman–Crippen MR) is 70.8 cm³/mol. The second-order valence-electron chi connectivity index (χ2n) is 4.65. The summed E-state index contributed by atoms with van der Waals surface area (Å²) in [4.78, 5) is 2.22. The second kappa shape index (κ2) is 6.50. The summed E-state index contributed by atoms with van der Waals surface area (Å²) in [5.74, 6) is 0.199. The van der Waals surface area contributed by atoms with E-state index in [0.29, 0.717) is 23.2 Å². The first-order valence-electron chi connectivity index (χ1n) is 6.24. The Labute approximate surface area is 116 Å². The zero-order chi connectivity index (χ0) is 13.8. The number of hydrogen-bond acceptors (Lipinski definition) is 3. The fourth-order valence-corrected chi connectivity index (χ4v) is 2.41. The second-order valence-corrected chi connectivity index (χ2v) is 5.09. The number of hydrogen-bond donors (Lipinski definition) is 1. The molecule has 1 atom stereocenters. The minimum Gasteiger partial charge on any atom is -0.434 e. The third kappa shape index (κ3) is 4.03. The number of ether oxygens (including phenoxy) is 1. The van der Waals surface area contributed by atoms with E-state index in [9.17, 15) is 8.78 Å². The number of piperazine rings is 1. The first-order valence-corrected chi connectivity index (χ1v) is 6.62. The van der Waals surface area contributed by atoms with Crippen molar-refractivity contribution in [3.05, 3.63) is 28.8 Å². The Kier molecular flexibility index (Phi) is 4.96. The van der Waals surface area contributed by atoms with Gasteiger partial charge in [-0.05, 0) is 25.1 Å². The van der Waals surface area contributed by atoms with Gasteiger partial charge in [-0.3, -0.25) is 4.90 Å². The van der Waals surface area contributed by atoms with Crippen LogP contribution in [0, 0.1) is 0 Å². The quantitative estimate of drug-likeness (QED) is 0.923. The molecule has 1 N–H and O–H groups in total. The molecule has 0 saturated carbocycles. The third-order valence-electron chi connectivity index (χ3n) is 3.25. The molecule has 1 heterocycles. The van der Waals surface area contributed by atoms with E-state index in [4.69, 9.17) is 11.6 Å². The van der Waals surface area contributed by atoms with Crippen LogP contribution in [-0.2, 0) is 6.54 Å². The van der Waals surface area contributed by atoms with Crippen LogP contribution in [0.5, 0.6) is 5.75 Å². The van der Waals surface area contributed by atoms with Crippen molar-refractivity contribution in [3.63, 3.8) is 0 Å². The summed E-state index contributed by atoms with van der Waals surface area (Å²) in [6.07, 6.45) is 0. The molecule has 19 heavy (non-hydrogen) atoms. The van der Waals surface area contributed by atoms with Gasteiger partial charge >= 0.3 is 6.61 Å². The number of alkyl halides is 2. The van der Waals surface area contributed by atoms with Crippen molar-refractivity contribution in [2.24, 2.45) is 0 Å². The van der Waals surface area contributed by atoms with Crippen molar-refractivity contribution in [2.75, 3.05) is 19.6 Å². The lowest BCUT2D eigenvalue weighted by Gasteiger charge is -2.34. The molecule has 0 bridgehead atoms. The van der Waals surface area contributed by atoms with Crippen LogP contribution in [-0.4, -0.2) is 37.2 Å². The third-order valence-corrected chi connectivity index (χ3v) is 3.49. The van der Waals surface area contributed by atoms with Gasteiger partial charge in [0.1, 0.15) is 5.75 Å². The van der Waals surface area contributed by atoms with Crippen LogP contribution < -0.4 is 10.1 Å². The highest BCUT2D eigenvalue weighted by Gasteiger charge is 2.20. The maximum Gasteiger partial charge on any atom is 0.387 e. The maximum atomic E-state index is 12.4. The smallest absolute Gasteiger partial charge is 0.387 e. The molecular formula is C13H17ClF2N2O. The van der Waals surface area contributed by atoms with Crippen molar-refractivity contribution in [1.82, 2.24) is 10.2 Å². The average molecular weight is 291 g/mol. The number of benzene rings is 1. The van der Waals surface area contributed by atoms with Crippen LogP contribution in [0.2, 0.25) is 5.02 Å². The SMILES string of the molecule is C[C@@H]1CNCCN1Cc1cc(Cl)ccc1OC(F)F. The highest BCUT2D eigenvalue weighted by atomic mass is 35.5. The van der Waals surface area contributed by atoms with Gasteiger partial charge in [-0.1, -0.05) is 11.6 Å². The Morgan fingerprint density at radius 3 is 3.00 bits per heavy atom. The van der Waals surface area contributed by atoms with E-state index in [1.54, 1.807) is 12.1 Å². The molecule has 0 spiro atoms. The highest BCUT2D eigenvalue weighted by Crippen LogP contribution is 2.26. The minimum absolute atomic E-state index is 0.199. The van der Waals surface area contributed by atoms with Crippen LogP contribution in [0.1, 0.15) is 12.5 Å². The molecule has 0 aromatic heterocycles. The summed E-state index contributed by atoms with van der Waals surface area (Å²) >= 11 is 5.93. The van der Waals surface area contributed by atoms with Crippen molar-refractivity contribution < 1.29 is 13.5 Å². The molecule has 1 fully saturated rings. The Balaban J connectivity index is 2.15. The topological polar surface area (TPSA) is 24.5 Å². The molecule has 1 saturated heterocycles. The average Bonchev–Trinajstić information content (AvgIpc) is 2.35. The van der Waals surface area contributed by atoms with Crippen molar-refractivity contribution >= 4 is 11.6 Å². The molecule has 0 unspecified atom stereocenters. The Morgan fingerprint density at radius 1 is 1.53 bits per heavy atom. The lowest BCUT2D eigenvalue weighted by atomic mass is 10.1. The Morgan fingerprint density at radius 2 is 2.32 bits per heavy atom. The molecule has 3 nitrogen and oxygen atoms in total. The van der Waals surface area contributed by atoms with Crippen LogP contribution in [0.15, 0.2) is 18.2 Å². The van der Waals surface area contributed by atoms with E-state index < -0.39 is 6.61 Å². The standard InChI is InChI=1S/C13H17ClF2N2O/c1-9-7-17-4-5-18(9)8-10-6-11(14)2-3-12(10)19-13(15)16/h2-3,6,9,13,17H,4-5,7-8H2,1H3/t9-/m1/s1. The number of rotatable bonds is 4.